The van der Waals surface area contributed by atoms with E-state index in [0.29, 0.717) is 5.33 Å². The molecule has 0 aliphatic rings. The molecule has 1 rings (SSSR count). The number of carbonyl (C=O) groups excluding carboxylic acids is 1. The SMILES string of the molecule is O=C(CBr)c1cc(I)c(I)c(I)c1. The predicted octanol–water partition coefficient (Wildman–Crippen LogP) is 4.08. The number of alkyl halides is 1. The van der Waals surface area contributed by atoms with E-state index in [9.17, 15) is 4.79 Å². The zero-order valence-corrected chi connectivity index (χ0v) is 14.3. The highest BCUT2D eigenvalue weighted by Crippen LogP contribution is 2.23. The third-order valence-electron chi connectivity index (χ3n) is 1.43. The van der Waals surface area contributed by atoms with Gasteiger partial charge in [-0.1, -0.05) is 15.9 Å². The van der Waals surface area contributed by atoms with Crippen molar-refractivity contribution < 1.29 is 4.79 Å². The van der Waals surface area contributed by atoms with Crippen molar-refractivity contribution in [1.82, 2.24) is 0 Å². The van der Waals surface area contributed by atoms with E-state index in [1.165, 1.54) is 3.57 Å². The first-order valence-corrected chi connectivity index (χ1v) is 7.65. The molecule has 13 heavy (non-hydrogen) atoms. The average Bonchev–Trinajstić information content (AvgIpc) is 2.12. The number of hydrogen-bond donors (Lipinski definition) is 0. The number of ketones is 1. The van der Waals surface area contributed by atoms with E-state index in [4.69, 9.17) is 0 Å². The highest BCUT2D eigenvalue weighted by Gasteiger charge is 2.09. The Bertz CT molecular complexity index is 328. The molecule has 70 valence electrons. The van der Waals surface area contributed by atoms with Gasteiger partial charge in [0, 0.05) is 16.3 Å². The summed E-state index contributed by atoms with van der Waals surface area (Å²) in [5, 5.41) is 0.389. The van der Waals surface area contributed by atoms with E-state index < -0.39 is 0 Å². The first-order valence-electron chi connectivity index (χ1n) is 3.30. The Balaban J connectivity index is 3.20. The van der Waals surface area contributed by atoms with Crippen LogP contribution in [0.2, 0.25) is 0 Å². The maximum absolute atomic E-state index is 11.4. The first kappa shape index (κ1) is 12.6. The van der Waals surface area contributed by atoms with Gasteiger partial charge in [-0.15, -0.1) is 0 Å². The largest absolute Gasteiger partial charge is 0.293 e. The smallest absolute Gasteiger partial charge is 0.173 e. The van der Waals surface area contributed by atoms with Crippen LogP contribution >= 0.6 is 83.7 Å². The van der Waals surface area contributed by atoms with Gasteiger partial charge in [0.2, 0.25) is 0 Å². The molecule has 0 aliphatic carbocycles. The van der Waals surface area contributed by atoms with Gasteiger partial charge in [0.05, 0.1) is 5.33 Å². The van der Waals surface area contributed by atoms with E-state index in [1.54, 1.807) is 0 Å². The van der Waals surface area contributed by atoms with E-state index in [0.717, 1.165) is 12.7 Å². The van der Waals surface area contributed by atoms with Gasteiger partial charge in [-0.2, -0.15) is 0 Å². The summed E-state index contributed by atoms with van der Waals surface area (Å²) in [5.74, 6) is 0.132. The first-order chi connectivity index (χ1) is 6.06. The van der Waals surface area contributed by atoms with Crippen LogP contribution in [0.15, 0.2) is 12.1 Å². The number of hydrogen-bond acceptors (Lipinski definition) is 1. The van der Waals surface area contributed by atoms with Crippen LogP contribution in [0.4, 0.5) is 0 Å². The van der Waals surface area contributed by atoms with Crippen molar-refractivity contribution in [3.63, 3.8) is 0 Å². The Hall–Kier alpha value is 1.56. The minimum absolute atomic E-state index is 0.132. The van der Waals surface area contributed by atoms with Crippen molar-refractivity contribution in [3.05, 3.63) is 28.4 Å². The number of halogens is 4. The summed E-state index contributed by atoms with van der Waals surface area (Å²) in [4.78, 5) is 11.4. The highest BCUT2D eigenvalue weighted by atomic mass is 127. The summed E-state index contributed by atoms with van der Waals surface area (Å²) in [7, 11) is 0. The van der Waals surface area contributed by atoms with Crippen LogP contribution < -0.4 is 0 Å². The lowest BCUT2D eigenvalue weighted by Crippen LogP contribution is -2.02. The van der Waals surface area contributed by atoms with Crippen LogP contribution in [-0.4, -0.2) is 11.1 Å². The topological polar surface area (TPSA) is 17.1 Å². The Morgan fingerprint density at radius 1 is 1.23 bits per heavy atom. The van der Waals surface area contributed by atoms with Gasteiger partial charge in [0.15, 0.2) is 5.78 Å². The summed E-state index contributed by atoms with van der Waals surface area (Å²) in [5.41, 5.74) is 0.783. The van der Waals surface area contributed by atoms with E-state index in [1.807, 2.05) is 12.1 Å². The molecule has 0 amide bonds. The zero-order valence-electron chi connectivity index (χ0n) is 6.28. The molecule has 0 saturated heterocycles. The molecule has 0 N–H and O–H groups in total. The molecule has 0 aromatic heterocycles. The molecular weight excluding hydrogens is 573 g/mol. The number of benzene rings is 1. The summed E-state index contributed by atoms with van der Waals surface area (Å²) in [6, 6.07) is 3.85. The molecule has 5 heteroatoms. The molecular formula is C8H4BrI3O. The average molecular weight is 577 g/mol. The van der Waals surface area contributed by atoms with Crippen LogP contribution in [0.5, 0.6) is 0 Å². The lowest BCUT2D eigenvalue weighted by atomic mass is 10.2. The van der Waals surface area contributed by atoms with Crippen LogP contribution in [0.3, 0.4) is 0 Å². The minimum Gasteiger partial charge on any atom is -0.293 e. The Morgan fingerprint density at radius 3 is 2.08 bits per heavy atom. The predicted molar refractivity (Wildman–Crippen MR) is 82.7 cm³/mol. The van der Waals surface area contributed by atoms with Crippen molar-refractivity contribution >= 4 is 89.5 Å². The zero-order chi connectivity index (χ0) is 10.0. The van der Waals surface area contributed by atoms with E-state index in [2.05, 4.69) is 83.7 Å². The second kappa shape index (κ2) is 5.59. The fraction of sp³-hybridized carbons (Fsp3) is 0.125. The summed E-state index contributed by atoms with van der Waals surface area (Å²) >= 11 is 9.94. The van der Waals surface area contributed by atoms with Gasteiger partial charge in [0.25, 0.3) is 0 Å². The van der Waals surface area contributed by atoms with Crippen LogP contribution in [0, 0.1) is 10.7 Å². The molecule has 0 atom stereocenters. The molecule has 0 spiro atoms. The maximum Gasteiger partial charge on any atom is 0.173 e. The summed E-state index contributed by atoms with van der Waals surface area (Å²) < 4.78 is 3.48. The van der Waals surface area contributed by atoms with Gasteiger partial charge in [-0.05, 0) is 79.9 Å². The summed E-state index contributed by atoms with van der Waals surface area (Å²) in [6.45, 7) is 0. The van der Waals surface area contributed by atoms with Gasteiger partial charge in [0.1, 0.15) is 0 Å². The van der Waals surface area contributed by atoms with Crippen LogP contribution in [0.1, 0.15) is 10.4 Å². The molecule has 0 heterocycles. The van der Waals surface area contributed by atoms with Gasteiger partial charge < -0.3 is 0 Å². The molecule has 0 unspecified atom stereocenters. The summed E-state index contributed by atoms with van der Waals surface area (Å²) in [6.07, 6.45) is 0. The van der Waals surface area contributed by atoms with Crippen LogP contribution in [0.25, 0.3) is 0 Å². The molecule has 0 radical (unpaired) electrons. The second-order valence-corrected chi connectivity index (χ2v) is 6.27. The Labute approximate surface area is 126 Å². The van der Waals surface area contributed by atoms with E-state index in [-0.39, 0.29) is 5.78 Å². The van der Waals surface area contributed by atoms with Gasteiger partial charge in [-0.3, -0.25) is 4.79 Å². The minimum atomic E-state index is 0.132. The molecule has 0 bridgehead atoms. The van der Waals surface area contributed by atoms with Gasteiger partial charge in [-0.25, -0.2) is 0 Å². The Morgan fingerprint density at radius 2 is 1.69 bits per heavy atom. The number of Topliss-reactive ketones (excluding diaryl/α,β-unsaturated/α-hetero) is 1. The number of rotatable bonds is 2. The molecule has 1 aromatic rings. The fourth-order valence-electron chi connectivity index (χ4n) is 0.794. The number of carbonyl (C=O) groups is 1. The normalized spacial score (nSPS) is 10.2. The van der Waals surface area contributed by atoms with Crippen molar-refractivity contribution in [3.8, 4) is 0 Å². The lowest BCUT2D eigenvalue weighted by Gasteiger charge is -2.03. The molecule has 1 nitrogen and oxygen atoms in total. The molecule has 1 aromatic carbocycles. The van der Waals surface area contributed by atoms with Crippen molar-refractivity contribution in [2.75, 3.05) is 5.33 Å². The third kappa shape index (κ3) is 3.26. The molecule has 0 saturated carbocycles. The van der Waals surface area contributed by atoms with Crippen molar-refractivity contribution in [1.29, 1.82) is 0 Å². The molecule has 0 fully saturated rings. The lowest BCUT2D eigenvalue weighted by molar-refractivity contribution is 0.102. The second-order valence-electron chi connectivity index (χ2n) is 2.31. The monoisotopic (exact) mass is 576 g/mol. The van der Waals surface area contributed by atoms with Crippen molar-refractivity contribution in [2.24, 2.45) is 0 Å². The van der Waals surface area contributed by atoms with Crippen molar-refractivity contribution in [2.45, 2.75) is 0 Å². The quantitative estimate of drug-likeness (QED) is 0.225. The van der Waals surface area contributed by atoms with Gasteiger partial charge >= 0.3 is 0 Å². The molecule has 0 aliphatic heterocycles. The Kier molecular flexibility index (Phi) is 5.43. The van der Waals surface area contributed by atoms with E-state index >= 15 is 0 Å². The standard InChI is InChI=1S/C8H4BrI3O/c9-3-7(13)4-1-5(10)8(12)6(11)2-4/h1-2H,3H2. The fourth-order valence-corrected chi connectivity index (χ4v) is 3.20. The third-order valence-corrected chi connectivity index (χ3v) is 6.86. The van der Waals surface area contributed by atoms with Crippen LogP contribution in [-0.2, 0) is 0 Å². The highest BCUT2D eigenvalue weighted by molar-refractivity contribution is 14.1. The maximum atomic E-state index is 11.4.